The first-order valence-corrected chi connectivity index (χ1v) is 9.41. The maximum atomic E-state index is 12.8. The minimum atomic E-state index is -0.122. The fourth-order valence-electron chi connectivity index (χ4n) is 6.61. The molecule has 0 N–H and O–H groups in total. The van der Waals surface area contributed by atoms with Gasteiger partial charge in [0.2, 0.25) is 0 Å². The summed E-state index contributed by atoms with van der Waals surface area (Å²) in [5.41, 5.74) is 0.910. The molecule has 0 saturated heterocycles. The number of hydrogen-bond donors (Lipinski definition) is 0. The van der Waals surface area contributed by atoms with Crippen LogP contribution >= 0.6 is 15.9 Å². The molecule has 0 amide bonds. The van der Waals surface area contributed by atoms with Gasteiger partial charge in [0.1, 0.15) is 5.60 Å². The molecule has 4 fully saturated rings. The SMILES string of the molecule is O=C(O[C@@]12CC3CCC1(C3)C1CCC2C1)c1ccc(Br)cc1. The summed E-state index contributed by atoms with van der Waals surface area (Å²) < 4.78 is 7.35. The number of halogens is 1. The molecular formula is C19H21BrO2. The van der Waals surface area contributed by atoms with Gasteiger partial charge in [-0.25, -0.2) is 4.79 Å². The summed E-state index contributed by atoms with van der Waals surface area (Å²) in [4.78, 5) is 12.8. The number of carbonyl (C=O) groups excluding carboxylic acids is 1. The van der Waals surface area contributed by atoms with Crippen molar-refractivity contribution in [3.8, 4) is 0 Å². The van der Waals surface area contributed by atoms with E-state index in [0.717, 1.165) is 22.7 Å². The fraction of sp³-hybridized carbons (Fsp3) is 0.632. The Bertz CT molecular complexity index is 639. The van der Waals surface area contributed by atoms with Crippen LogP contribution in [0.4, 0.5) is 0 Å². The Morgan fingerprint density at radius 2 is 1.86 bits per heavy atom. The van der Waals surface area contributed by atoms with Gasteiger partial charge in [-0.3, -0.25) is 0 Å². The van der Waals surface area contributed by atoms with E-state index >= 15 is 0 Å². The van der Waals surface area contributed by atoms with E-state index in [2.05, 4.69) is 15.9 Å². The summed E-state index contributed by atoms with van der Waals surface area (Å²) in [5.74, 6) is 2.15. The van der Waals surface area contributed by atoms with Crippen LogP contribution in [0.25, 0.3) is 0 Å². The second-order valence-electron chi connectivity index (χ2n) is 7.96. The molecule has 0 aromatic heterocycles. The normalized spacial score (nSPS) is 44.3. The van der Waals surface area contributed by atoms with Crippen LogP contribution in [0.1, 0.15) is 55.3 Å². The van der Waals surface area contributed by atoms with Crippen molar-refractivity contribution >= 4 is 21.9 Å². The van der Waals surface area contributed by atoms with Gasteiger partial charge in [-0.2, -0.15) is 0 Å². The molecule has 2 nitrogen and oxygen atoms in total. The first-order chi connectivity index (χ1) is 10.6. The van der Waals surface area contributed by atoms with E-state index in [4.69, 9.17) is 4.74 Å². The van der Waals surface area contributed by atoms with Crippen molar-refractivity contribution < 1.29 is 9.53 Å². The van der Waals surface area contributed by atoms with Crippen molar-refractivity contribution in [2.75, 3.05) is 0 Å². The average molecular weight is 361 g/mol. The lowest BCUT2D eigenvalue weighted by Crippen LogP contribution is -2.52. The molecule has 4 saturated carbocycles. The Morgan fingerprint density at radius 3 is 2.64 bits per heavy atom. The molecule has 4 aliphatic rings. The lowest BCUT2D eigenvalue weighted by atomic mass is 9.63. The third-order valence-electron chi connectivity index (χ3n) is 7.31. The Labute approximate surface area is 139 Å². The number of fused-ring (bicyclic) bond motifs is 4. The van der Waals surface area contributed by atoms with Crippen LogP contribution in [0.15, 0.2) is 28.7 Å². The molecule has 5 rings (SSSR count). The summed E-state index contributed by atoms with van der Waals surface area (Å²) in [6.45, 7) is 0. The predicted molar refractivity (Wildman–Crippen MR) is 87.5 cm³/mol. The van der Waals surface area contributed by atoms with E-state index < -0.39 is 0 Å². The molecule has 3 heteroatoms. The first kappa shape index (κ1) is 13.6. The van der Waals surface area contributed by atoms with Gasteiger partial charge in [0.05, 0.1) is 5.56 Å². The lowest BCUT2D eigenvalue weighted by molar-refractivity contribution is -0.121. The van der Waals surface area contributed by atoms with Crippen molar-refractivity contribution in [2.45, 2.75) is 50.5 Å². The second kappa shape index (κ2) is 4.37. The lowest BCUT2D eigenvalue weighted by Gasteiger charge is -2.49. The van der Waals surface area contributed by atoms with Gasteiger partial charge < -0.3 is 4.74 Å². The minimum absolute atomic E-state index is 0.105. The summed E-state index contributed by atoms with van der Waals surface area (Å²) in [6.07, 6.45) is 9.06. The van der Waals surface area contributed by atoms with Crippen molar-refractivity contribution in [3.63, 3.8) is 0 Å². The Kier molecular flexibility index (Phi) is 2.70. The zero-order valence-corrected chi connectivity index (χ0v) is 14.3. The van der Waals surface area contributed by atoms with Gasteiger partial charge >= 0.3 is 5.97 Å². The minimum Gasteiger partial charge on any atom is -0.455 e. The Morgan fingerprint density at radius 1 is 1.09 bits per heavy atom. The van der Waals surface area contributed by atoms with Gasteiger partial charge in [-0.05, 0) is 87.0 Å². The number of benzene rings is 1. The Hall–Kier alpha value is -0.830. The fourth-order valence-corrected chi connectivity index (χ4v) is 6.87. The molecule has 4 unspecified atom stereocenters. The molecule has 1 spiro atoms. The topological polar surface area (TPSA) is 26.3 Å². The third kappa shape index (κ3) is 1.54. The molecule has 116 valence electrons. The van der Waals surface area contributed by atoms with Gasteiger partial charge in [0, 0.05) is 9.89 Å². The van der Waals surface area contributed by atoms with Crippen LogP contribution in [0.5, 0.6) is 0 Å². The molecule has 22 heavy (non-hydrogen) atoms. The van der Waals surface area contributed by atoms with Crippen LogP contribution in [-0.4, -0.2) is 11.6 Å². The Balaban J connectivity index is 1.49. The molecule has 0 heterocycles. The third-order valence-corrected chi connectivity index (χ3v) is 7.84. The van der Waals surface area contributed by atoms with Gasteiger partial charge in [-0.15, -0.1) is 0 Å². The number of hydrogen-bond acceptors (Lipinski definition) is 2. The number of ether oxygens (including phenoxy) is 1. The van der Waals surface area contributed by atoms with Crippen LogP contribution in [-0.2, 0) is 4.74 Å². The molecule has 1 aromatic rings. The average Bonchev–Trinajstić information content (AvgIpc) is 3.24. The van der Waals surface area contributed by atoms with E-state index in [0.29, 0.717) is 16.9 Å². The van der Waals surface area contributed by atoms with Gasteiger partial charge in [0.25, 0.3) is 0 Å². The smallest absolute Gasteiger partial charge is 0.338 e. The summed E-state index contributed by atoms with van der Waals surface area (Å²) in [6, 6.07) is 7.59. The molecule has 4 bridgehead atoms. The summed E-state index contributed by atoms with van der Waals surface area (Å²) in [5, 5.41) is 0. The van der Waals surface area contributed by atoms with Crippen molar-refractivity contribution in [2.24, 2.45) is 23.2 Å². The van der Waals surface area contributed by atoms with E-state index in [1.165, 1.54) is 38.5 Å². The number of carbonyl (C=O) groups is 1. The molecule has 1 aromatic carbocycles. The van der Waals surface area contributed by atoms with Crippen molar-refractivity contribution in [1.29, 1.82) is 0 Å². The summed E-state index contributed by atoms with van der Waals surface area (Å²) in [7, 11) is 0. The van der Waals surface area contributed by atoms with Crippen molar-refractivity contribution in [1.82, 2.24) is 0 Å². The monoisotopic (exact) mass is 360 g/mol. The maximum absolute atomic E-state index is 12.8. The van der Waals surface area contributed by atoms with E-state index in [1.807, 2.05) is 24.3 Å². The number of rotatable bonds is 2. The largest absolute Gasteiger partial charge is 0.455 e. The molecule has 5 atom stereocenters. The highest BCUT2D eigenvalue weighted by molar-refractivity contribution is 9.10. The molecule has 0 aliphatic heterocycles. The van der Waals surface area contributed by atoms with Crippen LogP contribution in [0, 0.1) is 23.2 Å². The van der Waals surface area contributed by atoms with Gasteiger partial charge in [-0.1, -0.05) is 15.9 Å². The molecule has 4 aliphatic carbocycles. The predicted octanol–water partition coefficient (Wildman–Crippen LogP) is 4.96. The molecular weight excluding hydrogens is 340 g/mol. The van der Waals surface area contributed by atoms with Crippen LogP contribution < -0.4 is 0 Å². The van der Waals surface area contributed by atoms with Crippen LogP contribution in [0.3, 0.4) is 0 Å². The molecule has 0 radical (unpaired) electrons. The quantitative estimate of drug-likeness (QED) is 0.696. The van der Waals surface area contributed by atoms with E-state index in [1.54, 1.807) is 0 Å². The van der Waals surface area contributed by atoms with Crippen LogP contribution in [0.2, 0.25) is 0 Å². The zero-order valence-electron chi connectivity index (χ0n) is 12.7. The van der Waals surface area contributed by atoms with E-state index in [-0.39, 0.29) is 11.6 Å². The summed E-state index contributed by atoms with van der Waals surface area (Å²) >= 11 is 3.43. The second-order valence-corrected chi connectivity index (χ2v) is 8.88. The highest BCUT2D eigenvalue weighted by Gasteiger charge is 2.75. The zero-order chi connectivity index (χ0) is 14.9. The number of esters is 1. The first-order valence-electron chi connectivity index (χ1n) is 8.62. The highest BCUT2D eigenvalue weighted by Crippen LogP contribution is 2.76. The maximum Gasteiger partial charge on any atom is 0.338 e. The van der Waals surface area contributed by atoms with Crippen molar-refractivity contribution in [3.05, 3.63) is 34.3 Å². The van der Waals surface area contributed by atoms with Gasteiger partial charge in [0.15, 0.2) is 0 Å². The standard InChI is InChI=1S/C19H21BrO2/c20-16-5-1-13(2-6-16)17(21)22-19-11-12-7-8-18(19,10-12)14-3-4-15(19)9-14/h1-2,5-6,12,14-15H,3-4,7-11H2/t12?,14?,15?,18?,19-/m1/s1. The highest BCUT2D eigenvalue weighted by atomic mass is 79.9. The van der Waals surface area contributed by atoms with E-state index in [9.17, 15) is 4.79 Å².